The first-order chi connectivity index (χ1) is 5.05. The normalized spacial score (nSPS) is 36.2. The summed E-state index contributed by atoms with van der Waals surface area (Å²) in [5.74, 6) is 0.923. The van der Waals surface area contributed by atoms with E-state index in [1.54, 1.807) is 0 Å². The molecule has 0 heterocycles. The number of hydrogen-bond donors (Lipinski definition) is 0. The van der Waals surface area contributed by atoms with Crippen LogP contribution in [0, 0.1) is 28.6 Å². The van der Waals surface area contributed by atoms with Crippen molar-refractivity contribution in [3.63, 3.8) is 0 Å². The van der Waals surface area contributed by atoms with Crippen molar-refractivity contribution in [1.82, 2.24) is 0 Å². The molecular formula is C10H17N. The van der Waals surface area contributed by atoms with Crippen molar-refractivity contribution in [3.05, 3.63) is 0 Å². The van der Waals surface area contributed by atoms with Gasteiger partial charge in [0.25, 0.3) is 0 Å². The van der Waals surface area contributed by atoms with Crippen LogP contribution in [0.2, 0.25) is 0 Å². The summed E-state index contributed by atoms with van der Waals surface area (Å²) in [5.41, 5.74) is 0.479. The molecule has 0 saturated heterocycles. The van der Waals surface area contributed by atoms with Crippen LogP contribution in [0.4, 0.5) is 0 Å². The highest BCUT2D eigenvalue weighted by atomic mass is 14.4. The molecule has 11 heavy (non-hydrogen) atoms. The maximum atomic E-state index is 8.78. The maximum Gasteiger partial charge on any atom is 0.0658 e. The largest absolute Gasteiger partial charge is 0.198 e. The molecule has 2 unspecified atom stereocenters. The van der Waals surface area contributed by atoms with E-state index in [0.717, 1.165) is 6.42 Å². The predicted octanol–water partition coefficient (Wildman–Crippen LogP) is 2.97. The van der Waals surface area contributed by atoms with Crippen molar-refractivity contribution in [2.24, 2.45) is 17.3 Å². The van der Waals surface area contributed by atoms with Crippen LogP contribution in [0.15, 0.2) is 0 Å². The zero-order valence-corrected chi connectivity index (χ0v) is 7.72. The Labute approximate surface area is 69.4 Å². The fourth-order valence-corrected chi connectivity index (χ4v) is 2.14. The van der Waals surface area contributed by atoms with Crippen molar-refractivity contribution in [2.45, 2.75) is 40.0 Å². The van der Waals surface area contributed by atoms with Gasteiger partial charge in [-0.05, 0) is 30.6 Å². The average Bonchev–Trinajstić information content (AvgIpc) is 1.86. The standard InChI is InChI=1S/C10H17N/c1-8-6-10(2,3)5-4-9(8)7-11/h8-9H,4-6H2,1-3H3. The Morgan fingerprint density at radius 1 is 1.45 bits per heavy atom. The molecule has 1 aliphatic carbocycles. The molecule has 0 aromatic carbocycles. The van der Waals surface area contributed by atoms with E-state index < -0.39 is 0 Å². The molecule has 0 N–H and O–H groups in total. The van der Waals surface area contributed by atoms with E-state index in [1.165, 1.54) is 12.8 Å². The third kappa shape index (κ3) is 1.96. The summed E-state index contributed by atoms with van der Waals surface area (Å²) < 4.78 is 0. The van der Waals surface area contributed by atoms with Gasteiger partial charge < -0.3 is 0 Å². The van der Waals surface area contributed by atoms with Gasteiger partial charge in [0.15, 0.2) is 0 Å². The van der Waals surface area contributed by atoms with Crippen LogP contribution in [-0.4, -0.2) is 0 Å². The van der Waals surface area contributed by atoms with E-state index in [0.29, 0.717) is 17.3 Å². The number of hydrogen-bond acceptors (Lipinski definition) is 1. The maximum absolute atomic E-state index is 8.78. The van der Waals surface area contributed by atoms with E-state index in [2.05, 4.69) is 26.8 Å². The number of nitriles is 1. The summed E-state index contributed by atoms with van der Waals surface area (Å²) in [6.07, 6.45) is 3.53. The smallest absolute Gasteiger partial charge is 0.0658 e. The number of nitrogens with zero attached hydrogens (tertiary/aromatic N) is 1. The van der Waals surface area contributed by atoms with Crippen LogP contribution in [0.5, 0.6) is 0 Å². The molecule has 2 atom stereocenters. The molecule has 1 saturated carbocycles. The SMILES string of the molecule is CC1CC(C)(C)CCC1C#N. The molecule has 62 valence electrons. The van der Waals surface area contributed by atoms with Gasteiger partial charge in [-0.3, -0.25) is 0 Å². The van der Waals surface area contributed by atoms with Crippen LogP contribution in [-0.2, 0) is 0 Å². The Morgan fingerprint density at radius 3 is 2.55 bits per heavy atom. The molecule has 0 aliphatic heterocycles. The second-order valence-corrected chi connectivity index (χ2v) is 4.62. The van der Waals surface area contributed by atoms with Gasteiger partial charge in [0.1, 0.15) is 0 Å². The molecule has 0 amide bonds. The van der Waals surface area contributed by atoms with Crippen molar-refractivity contribution in [3.8, 4) is 6.07 Å². The average molecular weight is 151 g/mol. The van der Waals surface area contributed by atoms with Crippen LogP contribution in [0.1, 0.15) is 40.0 Å². The third-order valence-electron chi connectivity index (χ3n) is 2.86. The zero-order valence-electron chi connectivity index (χ0n) is 7.72. The Balaban J connectivity index is 2.56. The van der Waals surface area contributed by atoms with E-state index in [-0.39, 0.29) is 0 Å². The summed E-state index contributed by atoms with van der Waals surface area (Å²) in [7, 11) is 0. The first kappa shape index (κ1) is 8.59. The summed E-state index contributed by atoms with van der Waals surface area (Å²) in [6.45, 7) is 6.81. The minimum Gasteiger partial charge on any atom is -0.198 e. The number of rotatable bonds is 0. The molecule has 0 radical (unpaired) electrons. The predicted molar refractivity (Wildman–Crippen MR) is 45.9 cm³/mol. The molecule has 1 rings (SSSR count). The van der Waals surface area contributed by atoms with E-state index in [1.807, 2.05) is 0 Å². The van der Waals surface area contributed by atoms with E-state index in [4.69, 9.17) is 5.26 Å². The Hall–Kier alpha value is -0.510. The van der Waals surface area contributed by atoms with Crippen molar-refractivity contribution in [1.29, 1.82) is 5.26 Å². The second-order valence-electron chi connectivity index (χ2n) is 4.62. The molecule has 0 aromatic rings. The van der Waals surface area contributed by atoms with Crippen LogP contribution in [0.25, 0.3) is 0 Å². The lowest BCUT2D eigenvalue weighted by Gasteiger charge is -2.36. The van der Waals surface area contributed by atoms with Crippen molar-refractivity contribution < 1.29 is 0 Å². The second kappa shape index (κ2) is 2.85. The van der Waals surface area contributed by atoms with Crippen LogP contribution < -0.4 is 0 Å². The van der Waals surface area contributed by atoms with Crippen LogP contribution in [0.3, 0.4) is 0 Å². The van der Waals surface area contributed by atoms with E-state index in [9.17, 15) is 0 Å². The van der Waals surface area contributed by atoms with Gasteiger partial charge in [-0.1, -0.05) is 20.8 Å². The molecular weight excluding hydrogens is 134 g/mol. The fourth-order valence-electron chi connectivity index (χ4n) is 2.14. The molecule has 1 aliphatic rings. The first-order valence-electron chi connectivity index (χ1n) is 4.45. The lowest BCUT2D eigenvalue weighted by molar-refractivity contribution is 0.157. The van der Waals surface area contributed by atoms with Gasteiger partial charge in [-0.25, -0.2) is 0 Å². The topological polar surface area (TPSA) is 23.8 Å². The zero-order chi connectivity index (χ0) is 8.48. The lowest BCUT2D eigenvalue weighted by Crippen LogP contribution is -2.27. The van der Waals surface area contributed by atoms with Crippen molar-refractivity contribution >= 4 is 0 Å². The quantitative estimate of drug-likeness (QED) is 0.522. The first-order valence-corrected chi connectivity index (χ1v) is 4.45. The Bertz CT molecular complexity index is 176. The van der Waals surface area contributed by atoms with Gasteiger partial charge in [-0.2, -0.15) is 5.26 Å². The highest BCUT2D eigenvalue weighted by Gasteiger charge is 2.31. The summed E-state index contributed by atoms with van der Waals surface area (Å²) in [6, 6.07) is 2.39. The molecule has 1 heteroatoms. The third-order valence-corrected chi connectivity index (χ3v) is 2.86. The molecule has 0 spiro atoms. The highest BCUT2D eigenvalue weighted by Crippen LogP contribution is 2.41. The van der Waals surface area contributed by atoms with Crippen LogP contribution >= 0.6 is 0 Å². The molecule has 1 nitrogen and oxygen atoms in total. The minimum atomic E-state index is 0.322. The summed E-state index contributed by atoms with van der Waals surface area (Å²) >= 11 is 0. The van der Waals surface area contributed by atoms with Gasteiger partial charge in [0, 0.05) is 5.92 Å². The van der Waals surface area contributed by atoms with Gasteiger partial charge in [-0.15, -0.1) is 0 Å². The monoisotopic (exact) mass is 151 g/mol. The Kier molecular flexibility index (Phi) is 2.23. The van der Waals surface area contributed by atoms with Gasteiger partial charge in [0.05, 0.1) is 6.07 Å². The lowest BCUT2D eigenvalue weighted by atomic mass is 9.68. The summed E-state index contributed by atoms with van der Waals surface area (Å²) in [5, 5.41) is 8.78. The fraction of sp³-hybridized carbons (Fsp3) is 0.900. The molecule has 1 fully saturated rings. The molecule has 0 aromatic heterocycles. The Morgan fingerprint density at radius 2 is 2.09 bits per heavy atom. The molecule has 0 bridgehead atoms. The highest BCUT2D eigenvalue weighted by molar-refractivity contribution is 4.93. The van der Waals surface area contributed by atoms with Gasteiger partial charge >= 0.3 is 0 Å². The van der Waals surface area contributed by atoms with Gasteiger partial charge in [0.2, 0.25) is 0 Å². The summed E-state index contributed by atoms with van der Waals surface area (Å²) in [4.78, 5) is 0. The minimum absolute atomic E-state index is 0.322. The van der Waals surface area contributed by atoms with Crippen molar-refractivity contribution in [2.75, 3.05) is 0 Å². The van der Waals surface area contributed by atoms with E-state index >= 15 is 0 Å².